The maximum atomic E-state index is 11.8. The molecular formula is C8H10F3NO4. The van der Waals surface area contributed by atoms with E-state index in [1.807, 2.05) is 0 Å². The van der Waals surface area contributed by atoms with Crippen LogP contribution in [0.3, 0.4) is 0 Å². The van der Waals surface area contributed by atoms with Crippen molar-refractivity contribution >= 4 is 11.9 Å². The second kappa shape index (κ2) is 4.69. The van der Waals surface area contributed by atoms with Gasteiger partial charge in [0.15, 0.2) is 0 Å². The molecule has 0 spiro atoms. The summed E-state index contributed by atoms with van der Waals surface area (Å²) in [5.41, 5.74) is 0. The van der Waals surface area contributed by atoms with Crippen molar-refractivity contribution in [3.8, 4) is 0 Å². The van der Waals surface area contributed by atoms with Crippen LogP contribution in [0.25, 0.3) is 0 Å². The molecule has 1 heterocycles. The first-order valence-electron chi connectivity index (χ1n) is 4.46. The maximum Gasteiger partial charge on any atom is 0.492 e. The van der Waals surface area contributed by atoms with Crippen molar-refractivity contribution in [3.05, 3.63) is 0 Å². The number of hydroxylamine groups is 2. The zero-order chi connectivity index (χ0) is 12.3. The standard InChI is InChI=1S/C8H10F3NO4/c1-15-6(13)5-2-3-12(4-5)16-7(14)8(9,10)11/h5H,2-4H2,1H3/t5-/m1/s1. The molecule has 5 nitrogen and oxygen atoms in total. The number of carbonyl (C=O) groups is 2. The minimum absolute atomic E-state index is 0.0749. The number of carbonyl (C=O) groups excluding carboxylic acids is 2. The number of alkyl halides is 3. The lowest BCUT2D eigenvalue weighted by Crippen LogP contribution is -2.34. The molecule has 0 aromatic rings. The van der Waals surface area contributed by atoms with E-state index in [4.69, 9.17) is 0 Å². The zero-order valence-corrected chi connectivity index (χ0v) is 8.41. The van der Waals surface area contributed by atoms with Crippen molar-refractivity contribution in [1.29, 1.82) is 0 Å². The van der Waals surface area contributed by atoms with Gasteiger partial charge in [-0.25, -0.2) is 4.79 Å². The summed E-state index contributed by atoms with van der Waals surface area (Å²) < 4.78 is 39.9. The Labute approximate surface area is 89.0 Å². The third kappa shape index (κ3) is 3.09. The third-order valence-corrected chi connectivity index (χ3v) is 2.13. The van der Waals surface area contributed by atoms with E-state index in [1.54, 1.807) is 0 Å². The SMILES string of the molecule is COC(=O)[C@@H]1CCN(OC(=O)C(F)(F)F)C1. The van der Waals surface area contributed by atoms with Crippen molar-refractivity contribution in [3.63, 3.8) is 0 Å². The first-order valence-corrected chi connectivity index (χ1v) is 4.46. The Morgan fingerprint density at radius 3 is 2.50 bits per heavy atom. The first-order chi connectivity index (χ1) is 7.34. The first kappa shape index (κ1) is 12.8. The van der Waals surface area contributed by atoms with Gasteiger partial charge in [-0.1, -0.05) is 0 Å². The number of hydrogen-bond acceptors (Lipinski definition) is 5. The van der Waals surface area contributed by atoms with Gasteiger partial charge in [0.1, 0.15) is 0 Å². The van der Waals surface area contributed by atoms with Gasteiger partial charge >= 0.3 is 18.1 Å². The van der Waals surface area contributed by atoms with Crippen LogP contribution in [0.1, 0.15) is 6.42 Å². The number of ether oxygens (including phenoxy) is 1. The highest BCUT2D eigenvalue weighted by atomic mass is 19.4. The van der Waals surface area contributed by atoms with Crippen LogP contribution in [-0.2, 0) is 19.2 Å². The van der Waals surface area contributed by atoms with Gasteiger partial charge in [0, 0.05) is 13.1 Å². The third-order valence-electron chi connectivity index (χ3n) is 2.13. The van der Waals surface area contributed by atoms with Crippen LogP contribution in [0.4, 0.5) is 13.2 Å². The number of hydrogen-bond donors (Lipinski definition) is 0. The van der Waals surface area contributed by atoms with Crippen LogP contribution in [0, 0.1) is 5.92 Å². The molecule has 0 aliphatic carbocycles. The van der Waals surface area contributed by atoms with Crippen LogP contribution < -0.4 is 0 Å². The summed E-state index contributed by atoms with van der Waals surface area (Å²) in [6, 6.07) is 0. The van der Waals surface area contributed by atoms with Crippen LogP contribution in [-0.4, -0.2) is 43.4 Å². The summed E-state index contributed by atoms with van der Waals surface area (Å²) >= 11 is 0. The molecule has 0 N–H and O–H groups in total. The molecule has 0 aromatic carbocycles. The summed E-state index contributed by atoms with van der Waals surface area (Å²) in [5.74, 6) is -3.35. The van der Waals surface area contributed by atoms with E-state index in [0.29, 0.717) is 6.42 Å². The molecule has 0 amide bonds. The molecular weight excluding hydrogens is 231 g/mol. The van der Waals surface area contributed by atoms with Crippen LogP contribution >= 0.6 is 0 Å². The van der Waals surface area contributed by atoms with Crippen molar-refractivity contribution in [2.45, 2.75) is 12.6 Å². The number of nitrogens with zero attached hydrogens (tertiary/aromatic N) is 1. The Hall–Kier alpha value is -1.31. The number of halogens is 3. The molecule has 0 saturated carbocycles. The minimum atomic E-state index is -5.02. The molecule has 1 fully saturated rings. The average molecular weight is 241 g/mol. The van der Waals surface area contributed by atoms with Crippen LogP contribution in [0.15, 0.2) is 0 Å². The van der Waals surface area contributed by atoms with Gasteiger partial charge in [0.2, 0.25) is 0 Å². The molecule has 92 valence electrons. The van der Waals surface area contributed by atoms with E-state index >= 15 is 0 Å². The summed E-state index contributed by atoms with van der Waals surface area (Å²) in [5, 5.41) is 0.817. The Bertz CT molecular complexity index is 291. The summed E-state index contributed by atoms with van der Waals surface area (Å²) in [4.78, 5) is 25.6. The zero-order valence-electron chi connectivity index (χ0n) is 8.41. The molecule has 8 heteroatoms. The second-order valence-corrected chi connectivity index (χ2v) is 3.27. The molecule has 1 aliphatic rings. The molecule has 0 radical (unpaired) electrons. The van der Waals surface area contributed by atoms with Gasteiger partial charge in [-0.2, -0.15) is 13.2 Å². The summed E-state index contributed by atoms with van der Waals surface area (Å²) in [7, 11) is 1.19. The molecule has 0 unspecified atom stereocenters. The van der Waals surface area contributed by atoms with Gasteiger partial charge in [0.05, 0.1) is 13.0 Å². The Morgan fingerprint density at radius 2 is 2.00 bits per heavy atom. The van der Waals surface area contributed by atoms with Gasteiger partial charge < -0.3 is 9.57 Å². The summed E-state index contributed by atoms with van der Waals surface area (Å²) in [6.45, 7) is 0.0100. The lowest BCUT2D eigenvalue weighted by molar-refractivity contribution is -0.235. The maximum absolute atomic E-state index is 11.8. The van der Waals surface area contributed by atoms with Crippen LogP contribution in [0.2, 0.25) is 0 Å². The number of methoxy groups -OCH3 is 1. The van der Waals surface area contributed by atoms with Gasteiger partial charge in [-0.05, 0) is 6.42 Å². The van der Waals surface area contributed by atoms with Crippen molar-refractivity contribution < 1.29 is 32.3 Å². The monoisotopic (exact) mass is 241 g/mol. The fourth-order valence-electron chi connectivity index (χ4n) is 1.34. The topological polar surface area (TPSA) is 55.8 Å². The Kier molecular flexibility index (Phi) is 3.74. The molecule has 1 saturated heterocycles. The molecule has 1 aliphatic heterocycles. The predicted octanol–water partition coefficient (Wildman–Crippen LogP) is 0.502. The molecule has 0 bridgehead atoms. The Morgan fingerprint density at radius 1 is 1.38 bits per heavy atom. The van der Waals surface area contributed by atoms with E-state index < -0.39 is 24.0 Å². The smallest absolute Gasteiger partial charge is 0.469 e. The fraction of sp³-hybridized carbons (Fsp3) is 0.750. The average Bonchev–Trinajstić information content (AvgIpc) is 2.63. The fourth-order valence-corrected chi connectivity index (χ4v) is 1.34. The van der Waals surface area contributed by atoms with Crippen molar-refractivity contribution in [2.75, 3.05) is 20.2 Å². The molecule has 0 aromatic heterocycles. The van der Waals surface area contributed by atoms with Crippen molar-refractivity contribution in [1.82, 2.24) is 5.06 Å². The van der Waals surface area contributed by atoms with Crippen LogP contribution in [0.5, 0.6) is 0 Å². The quantitative estimate of drug-likeness (QED) is 0.659. The number of esters is 1. The Balaban J connectivity index is 2.43. The van der Waals surface area contributed by atoms with E-state index in [9.17, 15) is 22.8 Å². The lowest BCUT2D eigenvalue weighted by atomic mass is 10.1. The van der Waals surface area contributed by atoms with E-state index in [1.165, 1.54) is 7.11 Å². The second-order valence-electron chi connectivity index (χ2n) is 3.27. The highest BCUT2D eigenvalue weighted by Gasteiger charge is 2.44. The normalized spacial score (nSPS) is 21.9. The molecule has 1 atom stereocenters. The van der Waals surface area contributed by atoms with E-state index in [2.05, 4.69) is 9.57 Å². The van der Waals surface area contributed by atoms with E-state index in [-0.39, 0.29) is 13.1 Å². The van der Waals surface area contributed by atoms with Crippen molar-refractivity contribution in [2.24, 2.45) is 5.92 Å². The van der Waals surface area contributed by atoms with E-state index in [0.717, 1.165) is 5.06 Å². The lowest BCUT2D eigenvalue weighted by Gasteiger charge is -2.15. The predicted molar refractivity (Wildman–Crippen MR) is 43.8 cm³/mol. The molecule has 1 rings (SSSR count). The minimum Gasteiger partial charge on any atom is -0.469 e. The van der Waals surface area contributed by atoms with Gasteiger partial charge in [0.25, 0.3) is 0 Å². The highest BCUT2D eigenvalue weighted by Crippen LogP contribution is 2.22. The number of rotatable bonds is 2. The van der Waals surface area contributed by atoms with Gasteiger partial charge in [-0.15, -0.1) is 5.06 Å². The highest BCUT2D eigenvalue weighted by molar-refractivity contribution is 5.75. The largest absolute Gasteiger partial charge is 0.492 e. The molecule has 16 heavy (non-hydrogen) atoms. The van der Waals surface area contributed by atoms with Gasteiger partial charge in [-0.3, -0.25) is 4.79 Å². The summed E-state index contributed by atoms with van der Waals surface area (Å²) in [6.07, 6.45) is -4.72.